The van der Waals surface area contributed by atoms with Gasteiger partial charge in [0, 0.05) is 17.5 Å². The molecule has 1 fully saturated rings. The summed E-state index contributed by atoms with van der Waals surface area (Å²) >= 11 is 0. The lowest BCUT2D eigenvalue weighted by Crippen LogP contribution is -2.32. The number of benzene rings is 1. The first-order chi connectivity index (χ1) is 7.19. The molecule has 0 heterocycles. The van der Waals surface area contributed by atoms with Crippen molar-refractivity contribution in [3.8, 4) is 5.75 Å². The summed E-state index contributed by atoms with van der Waals surface area (Å²) in [4.78, 5) is 0. The molecule has 1 aromatic carbocycles. The molecule has 0 radical (unpaired) electrons. The molecular formula is C12H16FNO. The fourth-order valence-electron chi connectivity index (χ4n) is 2.58. The van der Waals surface area contributed by atoms with Crippen LogP contribution in [0.2, 0.25) is 0 Å². The zero-order valence-electron chi connectivity index (χ0n) is 8.67. The molecule has 2 nitrogen and oxygen atoms in total. The molecule has 0 aromatic heterocycles. The van der Waals surface area contributed by atoms with Crippen molar-refractivity contribution >= 4 is 0 Å². The third-order valence-corrected chi connectivity index (χ3v) is 3.51. The Balaban J connectivity index is 2.47. The minimum absolute atomic E-state index is 0.202. The second kappa shape index (κ2) is 3.81. The van der Waals surface area contributed by atoms with Crippen LogP contribution in [-0.2, 0) is 5.41 Å². The topological polar surface area (TPSA) is 46.2 Å². The van der Waals surface area contributed by atoms with E-state index in [-0.39, 0.29) is 11.2 Å². The maximum Gasteiger partial charge on any atom is 0.165 e. The maximum atomic E-state index is 13.2. The van der Waals surface area contributed by atoms with E-state index in [4.69, 9.17) is 5.73 Å². The SMILES string of the molecule is NCC1(c2cccc(F)c2O)CCCC1. The first-order valence-corrected chi connectivity index (χ1v) is 5.38. The zero-order chi connectivity index (χ0) is 10.9. The number of phenolic OH excluding ortho intramolecular Hbond substituents is 1. The number of phenols is 1. The highest BCUT2D eigenvalue weighted by atomic mass is 19.1. The second-order valence-corrected chi connectivity index (χ2v) is 4.33. The predicted molar refractivity (Wildman–Crippen MR) is 57.3 cm³/mol. The van der Waals surface area contributed by atoms with Gasteiger partial charge >= 0.3 is 0 Å². The first-order valence-electron chi connectivity index (χ1n) is 5.38. The van der Waals surface area contributed by atoms with Gasteiger partial charge in [-0.15, -0.1) is 0 Å². The molecule has 82 valence electrons. The fraction of sp³-hybridized carbons (Fsp3) is 0.500. The quantitative estimate of drug-likeness (QED) is 0.785. The molecule has 0 unspecified atom stereocenters. The average molecular weight is 209 g/mol. The van der Waals surface area contributed by atoms with Crippen LogP contribution >= 0.6 is 0 Å². The van der Waals surface area contributed by atoms with Crippen molar-refractivity contribution in [3.05, 3.63) is 29.6 Å². The first kappa shape index (κ1) is 10.4. The lowest BCUT2D eigenvalue weighted by molar-refractivity contribution is 0.383. The summed E-state index contributed by atoms with van der Waals surface area (Å²) in [5, 5.41) is 9.72. The van der Waals surface area contributed by atoms with Gasteiger partial charge < -0.3 is 10.8 Å². The molecular weight excluding hydrogens is 193 g/mol. The van der Waals surface area contributed by atoms with E-state index < -0.39 is 5.82 Å². The largest absolute Gasteiger partial charge is 0.505 e. The van der Waals surface area contributed by atoms with E-state index in [2.05, 4.69) is 0 Å². The van der Waals surface area contributed by atoms with E-state index in [9.17, 15) is 9.50 Å². The smallest absolute Gasteiger partial charge is 0.165 e. The van der Waals surface area contributed by atoms with Crippen molar-refractivity contribution in [1.29, 1.82) is 0 Å². The Bertz CT molecular complexity index is 359. The Labute approximate surface area is 88.9 Å². The van der Waals surface area contributed by atoms with Gasteiger partial charge in [0.2, 0.25) is 0 Å². The number of halogens is 1. The van der Waals surface area contributed by atoms with Crippen molar-refractivity contribution in [2.24, 2.45) is 5.73 Å². The van der Waals surface area contributed by atoms with E-state index in [1.165, 1.54) is 6.07 Å². The molecule has 1 aliphatic rings. The molecule has 1 aliphatic carbocycles. The third kappa shape index (κ3) is 1.61. The summed E-state index contributed by atoms with van der Waals surface area (Å²) in [6, 6.07) is 4.70. The molecule has 1 saturated carbocycles. The Morgan fingerprint density at radius 3 is 2.60 bits per heavy atom. The highest BCUT2D eigenvalue weighted by molar-refractivity contribution is 5.40. The lowest BCUT2D eigenvalue weighted by Gasteiger charge is -2.28. The van der Waals surface area contributed by atoms with Crippen molar-refractivity contribution in [1.82, 2.24) is 0 Å². The fourth-order valence-corrected chi connectivity index (χ4v) is 2.58. The van der Waals surface area contributed by atoms with Crippen LogP contribution in [0.25, 0.3) is 0 Å². The summed E-state index contributed by atoms with van der Waals surface area (Å²) in [6.45, 7) is 0.476. The summed E-state index contributed by atoms with van der Waals surface area (Å²) in [5.74, 6) is -0.767. The molecule has 0 aliphatic heterocycles. The number of para-hydroxylation sites is 1. The van der Waals surface area contributed by atoms with Crippen LogP contribution in [0.3, 0.4) is 0 Å². The summed E-state index contributed by atoms with van der Waals surface area (Å²) in [7, 11) is 0. The van der Waals surface area contributed by atoms with Gasteiger partial charge in [-0.25, -0.2) is 4.39 Å². The summed E-state index contributed by atoms with van der Waals surface area (Å²) < 4.78 is 13.2. The molecule has 15 heavy (non-hydrogen) atoms. The molecule has 2 rings (SSSR count). The van der Waals surface area contributed by atoms with E-state index in [1.54, 1.807) is 12.1 Å². The van der Waals surface area contributed by atoms with Crippen molar-refractivity contribution in [2.45, 2.75) is 31.1 Å². The highest BCUT2D eigenvalue weighted by Gasteiger charge is 2.36. The van der Waals surface area contributed by atoms with E-state index >= 15 is 0 Å². The maximum absolute atomic E-state index is 13.2. The number of aromatic hydroxyl groups is 1. The highest BCUT2D eigenvalue weighted by Crippen LogP contribution is 2.44. The number of hydrogen-bond acceptors (Lipinski definition) is 2. The van der Waals surface area contributed by atoms with Crippen molar-refractivity contribution in [2.75, 3.05) is 6.54 Å². The Morgan fingerprint density at radius 2 is 2.00 bits per heavy atom. The number of hydrogen-bond donors (Lipinski definition) is 2. The zero-order valence-corrected chi connectivity index (χ0v) is 8.67. The lowest BCUT2D eigenvalue weighted by atomic mass is 9.78. The minimum atomic E-state index is -0.549. The van der Waals surface area contributed by atoms with E-state index in [0.29, 0.717) is 12.1 Å². The molecule has 1 aromatic rings. The summed E-state index contributed by atoms with van der Waals surface area (Å²) in [5.41, 5.74) is 6.27. The molecule has 0 amide bonds. The van der Waals surface area contributed by atoms with Gasteiger partial charge in [-0.2, -0.15) is 0 Å². The molecule has 3 heteroatoms. The van der Waals surface area contributed by atoms with E-state index in [1.807, 2.05) is 0 Å². The Kier molecular flexibility index (Phi) is 2.65. The van der Waals surface area contributed by atoms with Gasteiger partial charge in [0.25, 0.3) is 0 Å². The van der Waals surface area contributed by atoms with Crippen LogP contribution in [0.4, 0.5) is 4.39 Å². The Hall–Kier alpha value is -1.09. The molecule has 0 atom stereocenters. The molecule has 0 spiro atoms. The molecule has 3 N–H and O–H groups in total. The van der Waals surface area contributed by atoms with Crippen LogP contribution in [0.15, 0.2) is 18.2 Å². The van der Waals surface area contributed by atoms with Gasteiger partial charge in [-0.3, -0.25) is 0 Å². The molecule has 0 saturated heterocycles. The van der Waals surface area contributed by atoms with Crippen molar-refractivity contribution in [3.63, 3.8) is 0 Å². The van der Waals surface area contributed by atoms with Crippen LogP contribution < -0.4 is 5.73 Å². The van der Waals surface area contributed by atoms with Crippen molar-refractivity contribution < 1.29 is 9.50 Å². The van der Waals surface area contributed by atoms with Crippen LogP contribution in [-0.4, -0.2) is 11.7 Å². The monoisotopic (exact) mass is 209 g/mol. The summed E-state index contributed by atoms with van der Waals surface area (Å²) in [6.07, 6.45) is 4.10. The minimum Gasteiger partial charge on any atom is -0.505 e. The van der Waals surface area contributed by atoms with E-state index in [0.717, 1.165) is 25.7 Å². The average Bonchev–Trinajstić information content (AvgIpc) is 2.72. The Morgan fingerprint density at radius 1 is 1.33 bits per heavy atom. The van der Waals surface area contributed by atoms with Crippen LogP contribution in [0, 0.1) is 5.82 Å². The number of nitrogens with two attached hydrogens (primary N) is 1. The standard InChI is InChI=1S/C12H16FNO/c13-10-5-3-4-9(11(10)15)12(8-14)6-1-2-7-12/h3-5,15H,1-2,6-8,14H2. The third-order valence-electron chi connectivity index (χ3n) is 3.51. The normalized spacial score (nSPS) is 19.3. The van der Waals surface area contributed by atoms with Gasteiger partial charge in [-0.05, 0) is 18.9 Å². The second-order valence-electron chi connectivity index (χ2n) is 4.33. The van der Waals surface area contributed by atoms with Gasteiger partial charge in [-0.1, -0.05) is 25.0 Å². The van der Waals surface area contributed by atoms with Gasteiger partial charge in [0.1, 0.15) is 0 Å². The number of rotatable bonds is 2. The van der Waals surface area contributed by atoms with Crippen LogP contribution in [0.1, 0.15) is 31.2 Å². The van der Waals surface area contributed by atoms with Crippen LogP contribution in [0.5, 0.6) is 5.75 Å². The predicted octanol–water partition coefficient (Wildman–Crippen LogP) is 2.30. The molecule has 0 bridgehead atoms. The van der Waals surface area contributed by atoms with Gasteiger partial charge in [0.15, 0.2) is 11.6 Å². The van der Waals surface area contributed by atoms with Gasteiger partial charge in [0.05, 0.1) is 0 Å².